The van der Waals surface area contributed by atoms with Gasteiger partial charge in [0.25, 0.3) is 5.91 Å². The number of hydrogen-bond donors (Lipinski definition) is 1. The smallest absolute Gasteiger partial charge is 0.338 e. The lowest BCUT2D eigenvalue weighted by molar-refractivity contribution is -0.111. The third-order valence-electron chi connectivity index (χ3n) is 4.44. The van der Waals surface area contributed by atoms with Crippen LogP contribution in [0.3, 0.4) is 0 Å². The maximum absolute atomic E-state index is 13.2. The zero-order valence-electron chi connectivity index (χ0n) is 16.5. The molecule has 0 atom stereocenters. The first-order chi connectivity index (χ1) is 14.1. The fraction of sp³-hybridized carbons (Fsp3) is 0.120. The van der Waals surface area contributed by atoms with Gasteiger partial charge in [0.05, 0.1) is 12.2 Å². The molecule has 0 saturated heterocycles. The third-order valence-corrected chi connectivity index (χ3v) is 4.44. The zero-order valence-corrected chi connectivity index (χ0v) is 16.5. The molecule has 0 fully saturated rings. The third kappa shape index (κ3) is 5.20. The minimum Gasteiger partial charge on any atom is -0.462 e. The molecule has 3 rings (SSSR count). The van der Waals surface area contributed by atoms with Crippen LogP contribution in [-0.2, 0) is 9.53 Å². The molecule has 1 N–H and O–H groups in total. The topological polar surface area (TPSA) is 55.4 Å². The van der Waals surface area contributed by atoms with E-state index in [0.29, 0.717) is 23.4 Å². The van der Waals surface area contributed by atoms with E-state index in [1.54, 1.807) is 25.1 Å². The van der Waals surface area contributed by atoms with Crippen LogP contribution in [0.1, 0.15) is 34.0 Å². The predicted octanol–water partition coefficient (Wildman–Crippen LogP) is 5.35. The van der Waals surface area contributed by atoms with E-state index >= 15 is 0 Å². The second-order valence-corrected chi connectivity index (χ2v) is 6.54. The first-order valence-corrected chi connectivity index (χ1v) is 9.49. The van der Waals surface area contributed by atoms with Gasteiger partial charge in [-0.2, -0.15) is 0 Å². The molecule has 29 heavy (non-hydrogen) atoms. The van der Waals surface area contributed by atoms with Crippen molar-refractivity contribution in [1.29, 1.82) is 0 Å². The maximum Gasteiger partial charge on any atom is 0.338 e. The summed E-state index contributed by atoms with van der Waals surface area (Å²) in [7, 11) is 0. The van der Waals surface area contributed by atoms with E-state index in [2.05, 4.69) is 5.32 Å². The number of carbonyl (C=O) groups excluding carboxylic acids is 2. The van der Waals surface area contributed by atoms with Gasteiger partial charge in [0, 0.05) is 11.3 Å². The molecule has 0 bridgehead atoms. The molecular formula is C25H23NO3. The molecule has 0 aliphatic rings. The Morgan fingerprint density at radius 2 is 1.55 bits per heavy atom. The summed E-state index contributed by atoms with van der Waals surface area (Å²) in [4.78, 5) is 25.2. The fourth-order valence-electron chi connectivity index (χ4n) is 2.90. The molecule has 3 aromatic rings. The molecule has 4 nitrogen and oxygen atoms in total. The van der Waals surface area contributed by atoms with Gasteiger partial charge in [0.2, 0.25) is 0 Å². The predicted molar refractivity (Wildman–Crippen MR) is 117 cm³/mol. The molecule has 0 aliphatic carbocycles. The molecular weight excluding hydrogens is 362 g/mol. The van der Waals surface area contributed by atoms with Crippen LogP contribution < -0.4 is 5.32 Å². The van der Waals surface area contributed by atoms with Crippen molar-refractivity contribution in [3.63, 3.8) is 0 Å². The van der Waals surface area contributed by atoms with Crippen molar-refractivity contribution < 1.29 is 14.3 Å². The highest BCUT2D eigenvalue weighted by Crippen LogP contribution is 2.23. The van der Waals surface area contributed by atoms with Crippen molar-refractivity contribution in [3.8, 4) is 0 Å². The average molecular weight is 385 g/mol. The molecule has 3 aromatic carbocycles. The van der Waals surface area contributed by atoms with Gasteiger partial charge in [-0.05, 0) is 48.7 Å². The Labute approximate surface area is 170 Å². The average Bonchev–Trinajstić information content (AvgIpc) is 2.75. The lowest BCUT2D eigenvalue weighted by atomic mass is 10.0. The van der Waals surface area contributed by atoms with Crippen LogP contribution in [0.2, 0.25) is 0 Å². The number of ether oxygens (including phenoxy) is 1. The molecule has 0 spiro atoms. The molecule has 0 heterocycles. The van der Waals surface area contributed by atoms with E-state index < -0.39 is 5.97 Å². The summed E-state index contributed by atoms with van der Waals surface area (Å²) in [5.74, 6) is -0.657. The molecule has 0 saturated carbocycles. The van der Waals surface area contributed by atoms with Gasteiger partial charge in [-0.25, -0.2) is 4.79 Å². The van der Waals surface area contributed by atoms with E-state index in [4.69, 9.17) is 4.74 Å². The molecule has 146 valence electrons. The molecule has 0 unspecified atom stereocenters. The van der Waals surface area contributed by atoms with Crippen LogP contribution in [0.25, 0.3) is 11.6 Å². The summed E-state index contributed by atoms with van der Waals surface area (Å²) < 4.78 is 5.06. The highest BCUT2D eigenvalue weighted by atomic mass is 16.5. The van der Waals surface area contributed by atoms with Gasteiger partial charge in [0.1, 0.15) is 0 Å². The fourth-order valence-corrected chi connectivity index (χ4v) is 2.90. The highest BCUT2D eigenvalue weighted by Gasteiger charge is 2.15. The molecule has 4 heteroatoms. The van der Waals surface area contributed by atoms with E-state index in [1.165, 1.54) is 0 Å². The second kappa shape index (κ2) is 9.51. The Balaban J connectivity index is 1.95. The van der Waals surface area contributed by atoms with Crippen LogP contribution >= 0.6 is 0 Å². The Morgan fingerprint density at radius 3 is 2.21 bits per heavy atom. The molecule has 1 amide bonds. The van der Waals surface area contributed by atoms with E-state index in [1.807, 2.05) is 73.7 Å². The van der Waals surface area contributed by atoms with Gasteiger partial charge in [-0.1, -0.05) is 66.7 Å². The minimum atomic E-state index is -0.411. The summed E-state index contributed by atoms with van der Waals surface area (Å²) in [5, 5.41) is 2.95. The van der Waals surface area contributed by atoms with Crippen molar-refractivity contribution in [2.75, 3.05) is 11.9 Å². The first-order valence-electron chi connectivity index (χ1n) is 9.49. The Kier molecular flexibility index (Phi) is 6.59. The Bertz CT molecular complexity index is 1020. The Hall–Kier alpha value is -3.66. The highest BCUT2D eigenvalue weighted by molar-refractivity contribution is 6.29. The van der Waals surface area contributed by atoms with Crippen LogP contribution in [0.15, 0.2) is 78.9 Å². The number of esters is 1. The molecule has 0 aromatic heterocycles. The van der Waals surface area contributed by atoms with Gasteiger partial charge in [-0.3, -0.25) is 4.79 Å². The second-order valence-electron chi connectivity index (χ2n) is 6.54. The summed E-state index contributed by atoms with van der Waals surface area (Å²) in [5.41, 5.74) is 4.12. The quantitative estimate of drug-likeness (QED) is 0.353. The Morgan fingerprint density at radius 1 is 0.897 bits per heavy atom. The van der Waals surface area contributed by atoms with Crippen LogP contribution in [0.4, 0.5) is 5.69 Å². The lowest BCUT2D eigenvalue weighted by Crippen LogP contribution is -2.15. The van der Waals surface area contributed by atoms with Crippen molar-refractivity contribution >= 4 is 29.2 Å². The van der Waals surface area contributed by atoms with Crippen molar-refractivity contribution in [2.45, 2.75) is 13.8 Å². The van der Waals surface area contributed by atoms with Gasteiger partial charge >= 0.3 is 5.97 Å². The number of anilines is 1. The molecule has 0 aliphatic heterocycles. The van der Waals surface area contributed by atoms with E-state index in [-0.39, 0.29) is 5.91 Å². The summed E-state index contributed by atoms with van der Waals surface area (Å²) in [6, 6.07) is 24.3. The number of rotatable bonds is 6. The van der Waals surface area contributed by atoms with Crippen LogP contribution in [-0.4, -0.2) is 18.5 Å². The first kappa shape index (κ1) is 20.1. The normalized spacial score (nSPS) is 11.0. The zero-order chi connectivity index (χ0) is 20.6. The summed E-state index contributed by atoms with van der Waals surface area (Å²) in [6.07, 6.45) is 1.86. The lowest BCUT2D eigenvalue weighted by Gasteiger charge is -2.13. The summed E-state index contributed by atoms with van der Waals surface area (Å²) in [6.45, 7) is 3.94. The van der Waals surface area contributed by atoms with Crippen LogP contribution in [0.5, 0.6) is 0 Å². The number of amides is 1. The minimum absolute atomic E-state index is 0.246. The van der Waals surface area contributed by atoms with Crippen molar-refractivity contribution in [2.24, 2.45) is 0 Å². The number of hydrogen-bond acceptors (Lipinski definition) is 3. The SMILES string of the molecule is CCOC(=O)c1ccc(C)c(NC(=O)/C(=C/c2ccccc2)c2ccccc2)c1. The maximum atomic E-state index is 13.2. The van der Waals surface area contributed by atoms with Gasteiger partial charge < -0.3 is 10.1 Å². The number of nitrogens with one attached hydrogen (secondary N) is 1. The van der Waals surface area contributed by atoms with Crippen LogP contribution in [0, 0.1) is 6.92 Å². The largest absolute Gasteiger partial charge is 0.462 e. The van der Waals surface area contributed by atoms with Gasteiger partial charge in [0.15, 0.2) is 0 Å². The van der Waals surface area contributed by atoms with Crippen molar-refractivity contribution in [3.05, 3.63) is 101 Å². The monoisotopic (exact) mass is 385 g/mol. The van der Waals surface area contributed by atoms with Gasteiger partial charge in [-0.15, -0.1) is 0 Å². The van der Waals surface area contributed by atoms with E-state index in [0.717, 1.165) is 16.7 Å². The van der Waals surface area contributed by atoms with Crippen molar-refractivity contribution in [1.82, 2.24) is 0 Å². The molecule has 0 radical (unpaired) electrons. The number of benzene rings is 3. The summed E-state index contributed by atoms with van der Waals surface area (Å²) >= 11 is 0. The number of aryl methyl sites for hydroxylation is 1. The number of carbonyl (C=O) groups is 2. The van der Waals surface area contributed by atoms with E-state index in [9.17, 15) is 9.59 Å². The standard InChI is InChI=1S/C25H23NO3/c1-3-29-25(28)21-15-14-18(2)23(17-21)26-24(27)22(20-12-8-5-9-13-20)16-19-10-6-4-7-11-19/h4-17H,3H2,1-2H3,(H,26,27)/b22-16+.